The lowest BCUT2D eigenvalue weighted by Gasteiger charge is -2.33. The lowest BCUT2D eigenvalue weighted by Crippen LogP contribution is -2.41. The van der Waals surface area contributed by atoms with E-state index in [4.69, 9.17) is 0 Å². The Morgan fingerprint density at radius 2 is 1.96 bits per heavy atom. The van der Waals surface area contributed by atoms with E-state index in [1.165, 1.54) is 18.5 Å². The number of rotatable bonds is 7. The first-order chi connectivity index (χ1) is 11.7. The molecule has 2 aliphatic rings. The molecule has 0 bridgehead atoms. The zero-order valence-corrected chi connectivity index (χ0v) is 14.2. The quantitative estimate of drug-likeness (QED) is 0.711. The van der Waals surface area contributed by atoms with Gasteiger partial charge in [-0.05, 0) is 50.2 Å². The van der Waals surface area contributed by atoms with Crippen LogP contribution in [-0.4, -0.2) is 48.9 Å². The molecule has 0 spiro atoms. The highest BCUT2D eigenvalue weighted by atomic mass is 16.3. The molecule has 1 aliphatic heterocycles. The molecule has 1 aromatic heterocycles. The Labute approximate surface area is 143 Å². The number of piperidine rings is 1. The molecule has 0 aromatic carbocycles. The number of hydrogen-bond acceptors (Lipinski definition) is 4. The maximum Gasteiger partial charge on any atom is 0.314 e. The second-order valence-electron chi connectivity index (χ2n) is 7.19. The number of hydrogen-bond donors (Lipinski definition) is 3. The van der Waals surface area contributed by atoms with Crippen molar-refractivity contribution < 1.29 is 9.90 Å². The summed E-state index contributed by atoms with van der Waals surface area (Å²) in [4.78, 5) is 18.3. The summed E-state index contributed by atoms with van der Waals surface area (Å²) in [6.07, 6.45) is 9.07. The van der Waals surface area contributed by atoms with E-state index in [-0.39, 0.29) is 18.1 Å². The van der Waals surface area contributed by atoms with E-state index >= 15 is 0 Å². The van der Waals surface area contributed by atoms with Gasteiger partial charge in [-0.1, -0.05) is 0 Å². The number of amides is 2. The molecule has 0 radical (unpaired) electrons. The van der Waals surface area contributed by atoms with Gasteiger partial charge in [0.15, 0.2) is 0 Å². The minimum Gasteiger partial charge on any atom is -0.396 e. The van der Waals surface area contributed by atoms with Gasteiger partial charge in [0.2, 0.25) is 0 Å². The average Bonchev–Trinajstić information content (AvgIpc) is 3.42. The van der Waals surface area contributed by atoms with E-state index in [0.717, 1.165) is 38.9 Å². The van der Waals surface area contributed by atoms with Crippen molar-refractivity contribution in [3.63, 3.8) is 0 Å². The fourth-order valence-electron chi connectivity index (χ4n) is 3.32. The van der Waals surface area contributed by atoms with E-state index in [9.17, 15) is 9.90 Å². The lowest BCUT2D eigenvalue weighted by molar-refractivity contribution is 0.202. The molecule has 3 N–H and O–H groups in total. The zero-order chi connectivity index (χ0) is 16.8. The van der Waals surface area contributed by atoms with Crippen LogP contribution >= 0.6 is 0 Å². The SMILES string of the molecule is O=C(NCCC1CCN(c2ccncc2)CC1)NCC1(CO)CC1. The number of nitrogens with one attached hydrogen (secondary N) is 2. The number of anilines is 1. The van der Waals surface area contributed by atoms with E-state index in [2.05, 4.69) is 32.7 Å². The molecule has 1 saturated carbocycles. The summed E-state index contributed by atoms with van der Waals surface area (Å²) >= 11 is 0. The van der Waals surface area contributed by atoms with Gasteiger partial charge in [0.1, 0.15) is 0 Å². The van der Waals surface area contributed by atoms with Gasteiger partial charge in [0.05, 0.1) is 6.61 Å². The molecule has 1 aliphatic carbocycles. The summed E-state index contributed by atoms with van der Waals surface area (Å²) < 4.78 is 0. The Balaban J connectivity index is 1.29. The normalized spacial score (nSPS) is 19.8. The minimum absolute atomic E-state index is 0.0306. The monoisotopic (exact) mass is 332 g/mol. The van der Waals surface area contributed by atoms with E-state index in [0.29, 0.717) is 12.5 Å². The molecule has 0 atom stereocenters. The molecule has 6 heteroatoms. The molecular formula is C18H28N4O2. The number of aliphatic hydroxyl groups excluding tert-OH is 1. The van der Waals surface area contributed by atoms with Crippen molar-refractivity contribution in [1.29, 1.82) is 0 Å². The van der Waals surface area contributed by atoms with Crippen LogP contribution in [0.1, 0.15) is 32.1 Å². The third kappa shape index (κ3) is 4.60. The van der Waals surface area contributed by atoms with Crippen LogP contribution in [0.4, 0.5) is 10.5 Å². The first-order valence-corrected chi connectivity index (χ1v) is 8.98. The summed E-state index contributed by atoms with van der Waals surface area (Å²) in [5.41, 5.74) is 1.22. The molecule has 1 aromatic rings. The van der Waals surface area contributed by atoms with E-state index in [1.54, 1.807) is 0 Å². The van der Waals surface area contributed by atoms with Crippen molar-refractivity contribution in [1.82, 2.24) is 15.6 Å². The number of aromatic nitrogens is 1. The van der Waals surface area contributed by atoms with Crippen LogP contribution in [0, 0.1) is 11.3 Å². The van der Waals surface area contributed by atoms with Crippen LogP contribution in [0.5, 0.6) is 0 Å². The predicted octanol–water partition coefficient (Wildman–Crippen LogP) is 1.76. The highest BCUT2D eigenvalue weighted by molar-refractivity contribution is 5.73. The van der Waals surface area contributed by atoms with Crippen molar-refractivity contribution in [3.05, 3.63) is 24.5 Å². The largest absolute Gasteiger partial charge is 0.396 e. The van der Waals surface area contributed by atoms with Gasteiger partial charge < -0.3 is 20.6 Å². The molecule has 3 rings (SSSR count). The van der Waals surface area contributed by atoms with E-state index in [1.807, 2.05) is 12.4 Å². The Morgan fingerprint density at radius 1 is 1.25 bits per heavy atom. The Bertz CT molecular complexity index is 525. The summed E-state index contributed by atoms with van der Waals surface area (Å²) in [6.45, 7) is 3.61. The number of carbonyl (C=O) groups is 1. The van der Waals surface area contributed by atoms with Gasteiger partial charge in [-0.25, -0.2) is 4.79 Å². The van der Waals surface area contributed by atoms with Gasteiger partial charge in [-0.2, -0.15) is 0 Å². The third-order valence-corrected chi connectivity index (χ3v) is 5.40. The molecule has 132 valence electrons. The Morgan fingerprint density at radius 3 is 2.58 bits per heavy atom. The van der Waals surface area contributed by atoms with Crippen LogP contribution in [0.2, 0.25) is 0 Å². The van der Waals surface area contributed by atoms with E-state index < -0.39 is 0 Å². The number of aliphatic hydroxyl groups is 1. The summed E-state index contributed by atoms with van der Waals surface area (Å²) in [5, 5.41) is 15.1. The van der Waals surface area contributed by atoms with Crippen molar-refractivity contribution in [2.24, 2.45) is 11.3 Å². The molecule has 2 heterocycles. The maximum atomic E-state index is 11.8. The van der Waals surface area contributed by atoms with Crippen LogP contribution in [0.25, 0.3) is 0 Å². The predicted molar refractivity (Wildman–Crippen MR) is 93.9 cm³/mol. The number of pyridine rings is 1. The van der Waals surface area contributed by atoms with Crippen molar-refractivity contribution in [2.45, 2.75) is 32.1 Å². The molecule has 0 unspecified atom stereocenters. The van der Waals surface area contributed by atoms with Gasteiger partial charge >= 0.3 is 6.03 Å². The van der Waals surface area contributed by atoms with Crippen LogP contribution < -0.4 is 15.5 Å². The smallest absolute Gasteiger partial charge is 0.314 e. The highest BCUT2D eigenvalue weighted by Crippen LogP contribution is 2.44. The van der Waals surface area contributed by atoms with Crippen LogP contribution in [0.15, 0.2) is 24.5 Å². The highest BCUT2D eigenvalue weighted by Gasteiger charge is 2.42. The number of carbonyl (C=O) groups excluding carboxylic acids is 1. The van der Waals surface area contributed by atoms with Gasteiger partial charge in [0, 0.05) is 49.7 Å². The maximum absolute atomic E-state index is 11.8. The fourth-order valence-corrected chi connectivity index (χ4v) is 3.32. The molecule has 1 saturated heterocycles. The van der Waals surface area contributed by atoms with Crippen molar-refractivity contribution in [2.75, 3.05) is 37.7 Å². The summed E-state index contributed by atoms with van der Waals surface area (Å²) in [7, 11) is 0. The standard InChI is InChI=1S/C18H28N4O2/c23-14-18(6-7-18)13-21-17(24)20-10-1-15-4-11-22(12-5-15)16-2-8-19-9-3-16/h2-3,8-9,15,23H,1,4-7,10-14H2,(H2,20,21,24). The average molecular weight is 332 g/mol. The molecular weight excluding hydrogens is 304 g/mol. The Hall–Kier alpha value is -1.82. The van der Waals surface area contributed by atoms with Crippen LogP contribution in [0.3, 0.4) is 0 Å². The molecule has 2 fully saturated rings. The van der Waals surface area contributed by atoms with Crippen molar-refractivity contribution >= 4 is 11.7 Å². The topological polar surface area (TPSA) is 77.5 Å². The second kappa shape index (κ2) is 7.83. The van der Waals surface area contributed by atoms with Crippen molar-refractivity contribution in [3.8, 4) is 0 Å². The Kier molecular flexibility index (Phi) is 5.56. The summed E-state index contributed by atoms with van der Waals surface area (Å²) in [5.74, 6) is 0.676. The number of urea groups is 1. The van der Waals surface area contributed by atoms with Gasteiger partial charge in [-0.3, -0.25) is 4.98 Å². The van der Waals surface area contributed by atoms with Gasteiger partial charge in [0.25, 0.3) is 0 Å². The number of nitrogens with zero attached hydrogens (tertiary/aromatic N) is 2. The van der Waals surface area contributed by atoms with Gasteiger partial charge in [-0.15, -0.1) is 0 Å². The lowest BCUT2D eigenvalue weighted by atomic mass is 9.93. The fraction of sp³-hybridized carbons (Fsp3) is 0.667. The molecule has 6 nitrogen and oxygen atoms in total. The first-order valence-electron chi connectivity index (χ1n) is 8.98. The zero-order valence-electron chi connectivity index (χ0n) is 14.2. The molecule has 24 heavy (non-hydrogen) atoms. The molecule has 2 amide bonds. The first kappa shape index (κ1) is 17.0. The second-order valence-corrected chi connectivity index (χ2v) is 7.19. The van der Waals surface area contributed by atoms with Crippen LogP contribution in [-0.2, 0) is 0 Å². The minimum atomic E-state index is -0.107. The third-order valence-electron chi connectivity index (χ3n) is 5.40. The summed E-state index contributed by atoms with van der Waals surface area (Å²) in [6, 6.07) is 4.01.